The van der Waals surface area contributed by atoms with Crippen LogP contribution in [0.4, 0.5) is 0 Å². The molecule has 4 unspecified atom stereocenters. The molecule has 1 rings (SSSR count). The van der Waals surface area contributed by atoms with E-state index in [2.05, 4.69) is 19.2 Å². The van der Waals surface area contributed by atoms with Crippen molar-refractivity contribution in [3.63, 3.8) is 0 Å². The highest BCUT2D eigenvalue weighted by Crippen LogP contribution is 2.29. The molecule has 0 spiro atoms. The summed E-state index contributed by atoms with van der Waals surface area (Å²) in [6, 6.07) is 0.421. The number of hydrogen-bond donors (Lipinski definition) is 3. The zero-order chi connectivity index (χ0) is 11.4. The van der Waals surface area contributed by atoms with Gasteiger partial charge >= 0.3 is 0 Å². The maximum Gasteiger partial charge on any atom is 0.247 e. The molecule has 4 N–H and O–H groups in total. The first-order valence-electron chi connectivity index (χ1n) is 5.71. The molecule has 1 aliphatic carbocycles. The molecule has 88 valence electrons. The number of nitrogens with two attached hydrogens (primary N) is 1. The Morgan fingerprint density at radius 1 is 1.47 bits per heavy atom. The second kappa shape index (κ2) is 5.47. The highest BCUT2D eigenvalue weighted by molar-refractivity contribution is 5.78. The Kier molecular flexibility index (Phi) is 4.54. The molecule has 0 aromatic heterocycles. The molecule has 1 amide bonds. The lowest BCUT2D eigenvalue weighted by molar-refractivity contribution is -0.125. The van der Waals surface area contributed by atoms with Crippen molar-refractivity contribution in [3.05, 3.63) is 0 Å². The predicted octanol–water partition coefficient (Wildman–Crippen LogP) is 0.247. The molecular formula is C11H22N2O2. The predicted molar refractivity (Wildman–Crippen MR) is 59.2 cm³/mol. The molecule has 4 nitrogen and oxygen atoms in total. The molecule has 1 aliphatic rings. The molecule has 0 aliphatic heterocycles. The highest BCUT2D eigenvalue weighted by Gasteiger charge is 2.24. The lowest BCUT2D eigenvalue weighted by Gasteiger charge is -2.32. The van der Waals surface area contributed by atoms with Crippen molar-refractivity contribution >= 4 is 5.91 Å². The molecule has 0 heterocycles. The standard InChI is InChI=1S/C11H22N2O2/c1-7-3-4-9(5-8(7)2)13-6-10(14)11(12)15/h7-10,13-14H,3-6H2,1-2H3,(H2,12,15). The minimum atomic E-state index is -1.06. The number of rotatable bonds is 4. The molecule has 0 radical (unpaired) electrons. The molecular weight excluding hydrogens is 192 g/mol. The maximum absolute atomic E-state index is 10.6. The zero-order valence-electron chi connectivity index (χ0n) is 9.57. The third-order valence-electron chi connectivity index (χ3n) is 3.53. The van der Waals surface area contributed by atoms with Crippen LogP contribution >= 0.6 is 0 Å². The van der Waals surface area contributed by atoms with E-state index in [9.17, 15) is 9.90 Å². The van der Waals surface area contributed by atoms with Gasteiger partial charge in [0.2, 0.25) is 5.91 Å². The summed E-state index contributed by atoms with van der Waals surface area (Å²) in [5.74, 6) is 0.839. The monoisotopic (exact) mass is 214 g/mol. The van der Waals surface area contributed by atoms with Gasteiger partial charge in [0.1, 0.15) is 6.10 Å². The Bertz CT molecular complexity index is 221. The zero-order valence-corrected chi connectivity index (χ0v) is 9.57. The number of carbonyl (C=O) groups is 1. The number of carbonyl (C=O) groups excluding carboxylic acids is 1. The van der Waals surface area contributed by atoms with Crippen molar-refractivity contribution in [2.24, 2.45) is 17.6 Å². The van der Waals surface area contributed by atoms with Gasteiger partial charge in [-0.05, 0) is 31.1 Å². The quantitative estimate of drug-likeness (QED) is 0.628. The lowest BCUT2D eigenvalue weighted by Crippen LogP contribution is -2.44. The second-order valence-corrected chi connectivity index (χ2v) is 4.79. The van der Waals surface area contributed by atoms with Crippen LogP contribution in [0.15, 0.2) is 0 Å². The molecule has 15 heavy (non-hydrogen) atoms. The minimum absolute atomic E-state index is 0.279. The van der Waals surface area contributed by atoms with Gasteiger partial charge in [-0.15, -0.1) is 0 Å². The Labute approximate surface area is 91.2 Å². The molecule has 0 bridgehead atoms. The largest absolute Gasteiger partial charge is 0.382 e. The maximum atomic E-state index is 10.6. The lowest BCUT2D eigenvalue weighted by atomic mass is 9.79. The SMILES string of the molecule is CC1CCC(NCC(O)C(N)=O)CC1C. The first-order valence-corrected chi connectivity index (χ1v) is 5.71. The van der Waals surface area contributed by atoms with E-state index in [0.29, 0.717) is 12.0 Å². The number of primary amides is 1. The highest BCUT2D eigenvalue weighted by atomic mass is 16.3. The number of nitrogens with one attached hydrogen (secondary N) is 1. The summed E-state index contributed by atoms with van der Waals surface area (Å²) >= 11 is 0. The molecule has 1 saturated carbocycles. The van der Waals surface area contributed by atoms with Gasteiger partial charge in [-0.2, -0.15) is 0 Å². The Hall–Kier alpha value is -0.610. The van der Waals surface area contributed by atoms with Crippen LogP contribution in [0.25, 0.3) is 0 Å². The summed E-state index contributed by atoms with van der Waals surface area (Å²) in [5.41, 5.74) is 4.97. The van der Waals surface area contributed by atoms with E-state index in [1.54, 1.807) is 0 Å². The van der Waals surface area contributed by atoms with Crippen molar-refractivity contribution in [2.75, 3.05) is 6.54 Å². The van der Waals surface area contributed by atoms with Crippen LogP contribution in [0.2, 0.25) is 0 Å². The molecule has 4 heteroatoms. The van der Waals surface area contributed by atoms with Gasteiger partial charge in [0, 0.05) is 12.6 Å². The molecule has 0 aromatic rings. The third-order valence-corrected chi connectivity index (χ3v) is 3.53. The summed E-state index contributed by atoms with van der Waals surface area (Å²) in [7, 11) is 0. The fourth-order valence-corrected chi connectivity index (χ4v) is 2.11. The Balaban J connectivity index is 2.25. The van der Waals surface area contributed by atoms with Crippen LogP contribution in [0.5, 0.6) is 0 Å². The van der Waals surface area contributed by atoms with E-state index in [4.69, 9.17) is 5.73 Å². The Morgan fingerprint density at radius 2 is 2.13 bits per heavy atom. The van der Waals surface area contributed by atoms with Crippen LogP contribution in [-0.4, -0.2) is 29.7 Å². The number of aliphatic hydroxyl groups is 1. The molecule has 4 atom stereocenters. The van der Waals surface area contributed by atoms with E-state index < -0.39 is 12.0 Å². The number of aliphatic hydroxyl groups excluding tert-OH is 1. The molecule has 0 aromatic carbocycles. The fraction of sp³-hybridized carbons (Fsp3) is 0.909. The first-order chi connectivity index (χ1) is 7.00. The summed E-state index contributed by atoms with van der Waals surface area (Å²) in [6.45, 7) is 4.81. The van der Waals surface area contributed by atoms with Crippen LogP contribution < -0.4 is 11.1 Å². The van der Waals surface area contributed by atoms with E-state index >= 15 is 0 Å². The summed E-state index contributed by atoms with van der Waals surface area (Å²) < 4.78 is 0. The van der Waals surface area contributed by atoms with Crippen LogP contribution in [-0.2, 0) is 4.79 Å². The number of hydrogen-bond acceptors (Lipinski definition) is 3. The minimum Gasteiger partial charge on any atom is -0.382 e. The van der Waals surface area contributed by atoms with Crippen molar-refractivity contribution < 1.29 is 9.90 Å². The van der Waals surface area contributed by atoms with Crippen LogP contribution in [0.3, 0.4) is 0 Å². The first kappa shape index (κ1) is 12.5. The summed E-state index contributed by atoms with van der Waals surface area (Å²) in [6.07, 6.45) is 2.40. The van der Waals surface area contributed by atoms with Gasteiger partial charge in [0.15, 0.2) is 0 Å². The topological polar surface area (TPSA) is 75.3 Å². The van der Waals surface area contributed by atoms with Crippen molar-refractivity contribution in [3.8, 4) is 0 Å². The number of amides is 1. The van der Waals surface area contributed by atoms with Crippen molar-refractivity contribution in [1.82, 2.24) is 5.32 Å². The van der Waals surface area contributed by atoms with Gasteiger partial charge in [0.25, 0.3) is 0 Å². The van der Waals surface area contributed by atoms with Gasteiger partial charge in [-0.1, -0.05) is 13.8 Å². The van der Waals surface area contributed by atoms with E-state index in [-0.39, 0.29) is 6.54 Å². The average Bonchev–Trinajstić information content (AvgIpc) is 2.19. The third kappa shape index (κ3) is 3.80. The van der Waals surface area contributed by atoms with Crippen LogP contribution in [0, 0.1) is 11.8 Å². The summed E-state index contributed by atoms with van der Waals surface area (Å²) in [4.78, 5) is 10.6. The van der Waals surface area contributed by atoms with Gasteiger partial charge in [-0.25, -0.2) is 0 Å². The van der Waals surface area contributed by atoms with Crippen molar-refractivity contribution in [1.29, 1.82) is 0 Å². The van der Waals surface area contributed by atoms with Gasteiger partial charge in [-0.3, -0.25) is 4.79 Å². The Morgan fingerprint density at radius 3 is 2.67 bits per heavy atom. The van der Waals surface area contributed by atoms with Crippen LogP contribution in [0.1, 0.15) is 33.1 Å². The normalized spacial score (nSPS) is 33.7. The van der Waals surface area contributed by atoms with Gasteiger partial charge < -0.3 is 16.2 Å². The fourth-order valence-electron chi connectivity index (χ4n) is 2.11. The van der Waals surface area contributed by atoms with E-state index in [1.807, 2.05) is 0 Å². The molecule has 0 saturated heterocycles. The molecule has 1 fully saturated rings. The average molecular weight is 214 g/mol. The van der Waals surface area contributed by atoms with Crippen molar-refractivity contribution in [2.45, 2.75) is 45.3 Å². The smallest absolute Gasteiger partial charge is 0.247 e. The van der Waals surface area contributed by atoms with E-state index in [0.717, 1.165) is 18.8 Å². The second-order valence-electron chi connectivity index (χ2n) is 4.79. The van der Waals surface area contributed by atoms with Gasteiger partial charge in [0.05, 0.1) is 0 Å². The van der Waals surface area contributed by atoms with E-state index in [1.165, 1.54) is 6.42 Å². The summed E-state index contributed by atoms with van der Waals surface area (Å²) in [5, 5.41) is 12.4.